The number of furan rings is 1. The average molecular weight is 273 g/mol. The fraction of sp³-hybridized carbons (Fsp3) is 0.529. The molecule has 3 rings (SSSR count). The number of likely N-dealkylation sites (tertiary alicyclic amines) is 1. The van der Waals surface area contributed by atoms with E-state index in [-0.39, 0.29) is 0 Å². The highest BCUT2D eigenvalue weighted by Gasteiger charge is 2.27. The number of β-amino-alcohol motifs (C(OH)–C–C–N with tert-alkyl or cyclic N) is 1. The first-order valence-electron chi connectivity index (χ1n) is 7.56. The number of hydrogen-bond acceptors (Lipinski definition) is 3. The summed E-state index contributed by atoms with van der Waals surface area (Å²) in [5, 5.41) is 11.5. The lowest BCUT2D eigenvalue weighted by Gasteiger charge is -2.38. The molecule has 1 aliphatic rings. The Morgan fingerprint density at radius 3 is 2.95 bits per heavy atom. The van der Waals surface area contributed by atoms with Gasteiger partial charge in [0.05, 0.1) is 0 Å². The quantitative estimate of drug-likeness (QED) is 0.928. The third-order valence-electron chi connectivity index (χ3n) is 4.68. The molecule has 0 saturated carbocycles. The number of benzene rings is 1. The van der Waals surface area contributed by atoms with Crippen molar-refractivity contribution in [3.05, 3.63) is 36.1 Å². The van der Waals surface area contributed by atoms with E-state index in [1.165, 1.54) is 12.8 Å². The van der Waals surface area contributed by atoms with Gasteiger partial charge in [-0.3, -0.25) is 4.90 Å². The zero-order valence-corrected chi connectivity index (χ0v) is 12.2. The van der Waals surface area contributed by atoms with Crippen LogP contribution in [0, 0.1) is 5.92 Å². The smallest absolute Gasteiger partial charge is 0.135 e. The summed E-state index contributed by atoms with van der Waals surface area (Å²) in [5.41, 5.74) is 0.849. The molecule has 1 aliphatic heterocycles. The van der Waals surface area contributed by atoms with Gasteiger partial charge in [-0.1, -0.05) is 25.1 Å². The van der Waals surface area contributed by atoms with Gasteiger partial charge in [0.15, 0.2) is 0 Å². The Morgan fingerprint density at radius 1 is 1.35 bits per heavy atom. The number of rotatable bonds is 3. The van der Waals surface area contributed by atoms with Crippen molar-refractivity contribution in [3.63, 3.8) is 0 Å². The Labute approximate surface area is 120 Å². The van der Waals surface area contributed by atoms with Crippen LogP contribution in [-0.4, -0.2) is 29.1 Å². The summed E-state index contributed by atoms with van der Waals surface area (Å²) >= 11 is 0. The van der Waals surface area contributed by atoms with Crippen LogP contribution in [0.3, 0.4) is 0 Å². The zero-order valence-electron chi connectivity index (χ0n) is 12.2. The van der Waals surface area contributed by atoms with Crippen molar-refractivity contribution in [2.75, 3.05) is 13.1 Å². The van der Waals surface area contributed by atoms with Crippen LogP contribution in [0.2, 0.25) is 0 Å². The third kappa shape index (κ3) is 2.60. The number of piperidine rings is 1. The highest BCUT2D eigenvalue weighted by atomic mass is 16.4. The maximum atomic E-state index is 10.4. The van der Waals surface area contributed by atoms with E-state index in [1.54, 1.807) is 0 Å². The van der Waals surface area contributed by atoms with Gasteiger partial charge in [0, 0.05) is 18.0 Å². The fourth-order valence-corrected chi connectivity index (χ4v) is 3.16. The second kappa shape index (κ2) is 5.58. The molecule has 3 atom stereocenters. The summed E-state index contributed by atoms with van der Waals surface area (Å²) in [6.45, 7) is 6.29. The number of para-hydroxylation sites is 1. The first-order valence-corrected chi connectivity index (χ1v) is 7.56. The zero-order chi connectivity index (χ0) is 14.1. The molecule has 0 bridgehead atoms. The SMILES string of the molecule is CC1CCCN(CC(O)c2cc3ccccc3o2)C1C. The van der Waals surface area contributed by atoms with Crippen LogP contribution >= 0.6 is 0 Å². The van der Waals surface area contributed by atoms with Crippen LogP contribution in [0.1, 0.15) is 38.6 Å². The number of nitrogens with zero attached hydrogens (tertiary/aromatic N) is 1. The molecule has 0 radical (unpaired) electrons. The van der Waals surface area contributed by atoms with E-state index >= 15 is 0 Å². The fourth-order valence-electron chi connectivity index (χ4n) is 3.16. The molecule has 0 amide bonds. The molecule has 20 heavy (non-hydrogen) atoms. The van der Waals surface area contributed by atoms with Crippen LogP contribution in [0.4, 0.5) is 0 Å². The van der Waals surface area contributed by atoms with Crippen molar-refractivity contribution in [2.24, 2.45) is 5.92 Å². The molecule has 1 N–H and O–H groups in total. The van der Waals surface area contributed by atoms with Gasteiger partial charge in [0.25, 0.3) is 0 Å². The van der Waals surface area contributed by atoms with Crippen LogP contribution in [0.5, 0.6) is 0 Å². The van der Waals surface area contributed by atoms with Gasteiger partial charge in [0.1, 0.15) is 17.4 Å². The van der Waals surface area contributed by atoms with Crippen molar-refractivity contribution < 1.29 is 9.52 Å². The van der Waals surface area contributed by atoms with Crippen molar-refractivity contribution in [1.82, 2.24) is 4.90 Å². The summed E-state index contributed by atoms with van der Waals surface area (Å²) in [4.78, 5) is 2.38. The lowest BCUT2D eigenvalue weighted by atomic mass is 9.92. The van der Waals surface area contributed by atoms with E-state index in [4.69, 9.17) is 4.42 Å². The standard InChI is InChI=1S/C17H23NO2/c1-12-6-5-9-18(13(12)2)11-15(19)17-10-14-7-3-4-8-16(14)20-17/h3-4,7-8,10,12-13,15,19H,5-6,9,11H2,1-2H3. The molecule has 1 fully saturated rings. The van der Waals surface area contributed by atoms with E-state index in [1.807, 2.05) is 30.3 Å². The summed E-state index contributed by atoms with van der Waals surface area (Å²) in [6, 6.07) is 10.4. The molecule has 3 unspecified atom stereocenters. The second-order valence-electron chi connectivity index (χ2n) is 6.06. The molecule has 1 saturated heterocycles. The van der Waals surface area contributed by atoms with E-state index in [9.17, 15) is 5.11 Å². The molecule has 1 aromatic carbocycles. The monoisotopic (exact) mass is 273 g/mol. The van der Waals surface area contributed by atoms with Crippen LogP contribution in [0.25, 0.3) is 11.0 Å². The second-order valence-corrected chi connectivity index (χ2v) is 6.06. The van der Waals surface area contributed by atoms with Crippen molar-refractivity contribution in [3.8, 4) is 0 Å². The Balaban J connectivity index is 1.73. The lowest BCUT2D eigenvalue weighted by molar-refractivity contribution is 0.0426. The predicted octanol–water partition coefficient (Wildman–Crippen LogP) is 3.59. The van der Waals surface area contributed by atoms with Crippen molar-refractivity contribution in [1.29, 1.82) is 0 Å². The van der Waals surface area contributed by atoms with Crippen LogP contribution in [0.15, 0.2) is 34.7 Å². The molecule has 2 heterocycles. The average Bonchev–Trinajstić information content (AvgIpc) is 2.88. The Bertz CT molecular complexity index is 544. The number of hydrogen-bond donors (Lipinski definition) is 1. The predicted molar refractivity (Wildman–Crippen MR) is 80.6 cm³/mol. The van der Waals surface area contributed by atoms with Gasteiger partial charge >= 0.3 is 0 Å². The summed E-state index contributed by atoms with van der Waals surface area (Å²) in [5.74, 6) is 1.38. The maximum absolute atomic E-state index is 10.4. The Kier molecular flexibility index (Phi) is 3.81. The largest absolute Gasteiger partial charge is 0.458 e. The lowest BCUT2D eigenvalue weighted by Crippen LogP contribution is -2.44. The topological polar surface area (TPSA) is 36.6 Å². The molecule has 1 aromatic heterocycles. The highest BCUT2D eigenvalue weighted by Crippen LogP contribution is 2.28. The van der Waals surface area contributed by atoms with E-state index in [0.717, 1.165) is 17.5 Å². The third-order valence-corrected chi connectivity index (χ3v) is 4.68. The number of fused-ring (bicyclic) bond motifs is 1. The Morgan fingerprint density at radius 2 is 2.15 bits per heavy atom. The molecular weight excluding hydrogens is 250 g/mol. The molecule has 0 spiro atoms. The highest BCUT2D eigenvalue weighted by molar-refractivity contribution is 5.77. The van der Waals surface area contributed by atoms with Gasteiger partial charge in [-0.25, -0.2) is 0 Å². The summed E-state index contributed by atoms with van der Waals surface area (Å²) in [6.07, 6.45) is 1.96. The molecule has 3 heteroatoms. The summed E-state index contributed by atoms with van der Waals surface area (Å²) in [7, 11) is 0. The molecule has 2 aromatic rings. The first kappa shape index (κ1) is 13.7. The number of aliphatic hydroxyl groups excluding tert-OH is 1. The minimum Gasteiger partial charge on any atom is -0.458 e. The molecular formula is C17H23NO2. The molecule has 108 valence electrons. The van der Waals surface area contributed by atoms with Crippen LogP contribution < -0.4 is 0 Å². The van der Waals surface area contributed by atoms with Gasteiger partial charge < -0.3 is 9.52 Å². The van der Waals surface area contributed by atoms with Gasteiger partial charge in [-0.05, 0) is 44.4 Å². The van der Waals surface area contributed by atoms with Crippen molar-refractivity contribution in [2.45, 2.75) is 38.8 Å². The molecule has 0 aliphatic carbocycles. The van der Waals surface area contributed by atoms with Gasteiger partial charge in [-0.15, -0.1) is 0 Å². The maximum Gasteiger partial charge on any atom is 0.135 e. The van der Waals surface area contributed by atoms with Gasteiger partial charge in [-0.2, -0.15) is 0 Å². The summed E-state index contributed by atoms with van der Waals surface area (Å²) < 4.78 is 5.76. The minimum atomic E-state index is -0.546. The van der Waals surface area contributed by atoms with Crippen molar-refractivity contribution >= 4 is 11.0 Å². The van der Waals surface area contributed by atoms with Crippen LogP contribution in [-0.2, 0) is 0 Å². The molecule has 3 nitrogen and oxygen atoms in total. The van der Waals surface area contributed by atoms with Gasteiger partial charge in [0.2, 0.25) is 0 Å². The minimum absolute atomic E-state index is 0.530. The van der Waals surface area contributed by atoms with E-state index in [0.29, 0.717) is 24.3 Å². The first-order chi connectivity index (χ1) is 9.65. The van der Waals surface area contributed by atoms with E-state index < -0.39 is 6.10 Å². The normalized spacial score (nSPS) is 25.9. The van der Waals surface area contributed by atoms with E-state index in [2.05, 4.69) is 18.7 Å². The number of aliphatic hydroxyl groups is 1. The Hall–Kier alpha value is -1.32.